The van der Waals surface area contributed by atoms with E-state index in [1.165, 1.54) is 10.4 Å². The maximum absolute atomic E-state index is 10.9. The fourth-order valence-corrected chi connectivity index (χ4v) is 2.76. The van der Waals surface area contributed by atoms with Gasteiger partial charge in [-0.1, -0.05) is 0 Å². The lowest BCUT2D eigenvalue weighted by atomic mass is 10.2. The first-order valence-electron chi connectivity index (χ1n) is 5.55. The van der Waals surface area contributed by atoms with Crippen molar-refractivity contribution in [1.82, 2.24) is 15.1 Å². The van der Waals surface area contributed by atoms with Crippen LogP contribution in [0.1, 0.15) is 26.5 Å². The number of H-pyrrole nitrogens is 1. The topological polar surface area (TPSA) is 69.2 Å². The third kappa shape index (κ3) is 2.77. The van der Waals surface area contributed by atoms with Crippen LogP contribution in [0.4, 0.5) is 0 Å². The summed E-state index contributed by atoms with van der Waals surface area (Å²) < 4.78 is 0. The average molecular weight is 265 g/mol. The van der Waals surface area contributed by atoms with Crippen LogP contribution in [0.25, 0.3) is 0 Å². The standard InChI is InChI=1S/C12H15N3O2S/c1-8-3-4-18-10(8)7-15(2)6-9-5-13-14-11(9)12(16)17/h3-5H,6-7H2,1-2H3,(H,13,14)(H,16,17). The molecule has 2 rings (SSSR count). The number of hydrogen-bond acceptors (Lipinski definition) is 4. The SMILES string of the molecule is Cc1ccsc1CN(C)Cc1cn[nH]c1C(=O)O. The molecular weight excluding hydrogens is 250 g/mol. The van der Waals surface area contributed by atoms with Gasteiger partial charge in [-0.2, -0.15) is 5.10 Å². The molecule has 0 aromatic carbocycles. The Morgan fingerprint density at radius 3 is 2.94 bits per heavy atom. The number of nitrogens with zero attached hydrogens (tertiary/aromatic N) is 2. The smallest absolute Gasteiger partial charge is 0.354 e. The van der Waals surface area contributed by atoms with Crippen LogP contribution in [0.5, 0.6) is 0 Å². The van der Waals surface area contributed by atoms with Gasteiger partial charge in [0.05, 0.1) is 6.20 Å². The van der Waals surface area contributed by atoms with E-state index in [2.05, 4.69) is 33.5 Å². The minimum Gasteiger partial charge on any atom is -0.477 e. The van der Waals surface area contributed by atoms with Gasteiger partial charge in [0.15, 0.2) is 0 Å². The molecule has 0 bridgehead atoms. The number of nitrogens with one attached hydrogen (secondary N) is 1. The van der Waals surface area contributed by atoms with E-state index in [0.717, 1.165) is 6.54 Å². The van der Waals surface area contributed by atoms with E-state index in [9.17, 15) is 4.79 Å². The summed E-state index contributed by atoms with van der Waals surface area (Å²) in [6, 6.07) is 2.09. The van der Waals surface area contributed by atoms with Crippen molar-refractivity contribution >= 4 is 17.3 Å². The van der Waals surface area contributed by atoms with Gasteiger partial charge in [-0.05, 0) is 31.0 Å². The van der Waals surface area contributed by atoms with Crippen LogP contribution in [0.2, 0.25) is 0 Å². The lowest BCUT2D eigenvalue weighted by Crippen LogP contribution is -2.18. The van der Waals surface area contributed by atoms with Crippen LogP contribution >= 0.6 is 11.3 Å². The zero-order chi connectivity index (χ0) is 13.1. The summed E-state index contributed by atoms with van der Waals surface area (Å²) >= 11 is 1.72. The molecule has 0 radical (unpaired) electrons. The Bertz CT molecular complexity index is 547. The van der Waals surface area contributed by atoms with Gasteiger partial charge in [-0.3, -0.25) is 10.00 Å². The van der Waals surface area contributed by atoms with E-state index in [4.69, 9.17) is 5.11 Å². The summed E-state index contributed by atoms with van der Waals surface area (Å²) in [5.41, 5.74) is 2.15. The highest BCUT2D eigenvalue weighted by atomic mass is 32.1. The third-order valence-electron chi connectivity index (χ3n) is 2.75. The van der Waals surface area contributed by atoms with Crippen molar-refractivity contribution < 1.29 is 9.90 Å². The second-order valence-corrected chi connectivity index (χ2v) is 5.28. The lowest BCUT2D eigenvalue weighted by molar-refractivity contribution is 0.0688. The average Bonchev–Trinajstić information content (AvgIpc) is 2.89. The fourth-order valence-electron chi connectivity index (χ4n) is 1.77. The molecule has 0 saturated carbocycles. The summed E-state index contributed by atoms with van der Waals surface area (Å²) in [6.07, 6.45) is 1.57. The van der Waals surface area contributed by atoms with Crippen molar-refractivity contribution in [2.75, 3.05) is 7.05 Å². The summed E-state index contributed by atoms with van der Waals surface area (Å²) in [5, 5.41) is 17.3. The first-order valence-corrected chi connectivity index (χ1v) is 6.43. The van der Waals surface area contributed by atoms with Gasteiger partial charge in [-0.15, -0.1) is 11.3 Å². The maximum Gasteiger partial charge on any atom is 0.354 e. The van der Waals surface area contributed by atoms with Gasteiger partial charge < -0.3 is 5.11 Å². The number of carbonyl (C=O) groups is 1. The molecule has 0 fully saturated rings. The molecule has 0 aliphatic heterocycles. The number of aryl methyl sites for hydroxylation is 1. The van der Waals surface area contributed by atoms with Gasteiger partial charge in [0.2, 0.25) is 0 Å². The molecule has 0 saturated heterocycles. The minimum absolute atomic E-state index is 0.171. The van der Waals surface area contributed by atoms with Crippen LogP contribution in [0.3, 0.4) is 0 Å². The Kier molecular flexibility index (Phi) is 3.78. The number of aromatic carboxylic acids is 1. The Morgan fingerprint density at radius 1 is 1.56 bits per heavy atom. The van der Waals surface area contributed by atoms with Crippen molar-refractivity contribution in [2.24, 2.45) is 0 Å². The minimum atomic E-state index is -0.969. The Labute approximate surface area is 109 Å². The predicted octanol–water partition coefficient (Wildman–Crippen LogP) is 2.11. The molecule has 2 aromatic rings. The zero-order valence-electron chi connectivity index (χ0n) is 10.3. The third-order valence-corrected chi connectivity index (χ3v) is 3.76. The number of aromatic nitrogens is 2. The number of carboxylic acids is 1. The molecule has 0 spiro atoms. The molecule has 18 heavy (non-hydrogen) atoms. The van der Waals surface area contributed by atoms with E-state index in [1.54, 1.807) is 17.5 Å². The monoisotopic (exact) mass is 265 g/mol. The number of hydrogen-bond donors (Lipinski definition) is 2. The normalized spacial score (nSPS) is 11.1. The van der Waals surface area contributed by atoms with Crippen LogP contribution in [-0.4, -0.2) is 33.2 Å². The Hall–Kier alpha value is -1.66. The maximum atomic E-state index is 10.9. The van der Waals surface area contributed by atoms with Crippen LogP contribution in [0.15, 0.2) is 17.6 Å². The second kappa shape index (κ2) is 5.32. The van der Waals surface area contributed by atoms with Crippen molar-refractivity contribution in [3.63, 3.8) is 0 Å². The molecule has 0 aliphatic carbocycles. The van der Waals surface area contributed by atoms with E-state index in [1.807, 2.05) is 7.05 Å². The predicted molar refractivity (Wildman–Crippen MR) is 69.8 cm³/mol. The highest BCUT2D eigenvalue weighted by molar-refractivity contribution is 7.10. The molecule has 96 valence electrons. The van der Waals surface area contributed by atoms with Gasteiger partial charge in [-0.25, -0.2) is 4.79 Å². The Morgan fingerprint density at radius 2 is 2.33 bits per heavy atom. The van der Waals surface area contributed by atoms with Gasteiger partial charge in [0, 0.05) is 23.5 Å². The van der Waals surface area contributed by atoms with Crippen molar-refractivity contribution in [3.8, 4) is 0 Å². The van der Waals surface area contributed by atoms with Crippen LogP contribution < -0.4 is 0 Å². The number of rotatable bonds is 5. The first-order chi connectivity index (χ1) is 8.58. The highest BCUT2D eigenvalue weighted by Crippen LogP contribution is 2.18. The highest BCUT2D eigenvalue weighted by Gasteiger charge is 2.14. The van der Waals surface area contributed by atoms with Crippen molar-refractivity contribution in [1.29, 1.82) is 0 Å². The molecule has 0 aliphatic rings. The van der Waals surface area contributed by atoms with Crippen molar-refractivity contribution in [2.45, 2.75) is 20.0 Å². The number of carboxylic acid groups (broad SMARTS) is 1. The molecular formula is C12H15N3O2S. The molecule has 2 heterocycles. The summed E-state index contributed by atoms with van der Waals surface area (Å²) in [6.45, 7) is 3.46. The lowest BCUT2D eigenvalue weighted by Gasteiger charge is -2.15. The number of thiophene rings is 1. The molecule has 0 unspecified atom stereocenters. The van der Waals surface area contributed by atoms with Crippen LogP contribution in [0, 0.1) is 6.92 Å². The van der Waals surface area contributed by atoms with E-state index < -0.39 is 5.97 Å². The molecule has 5 nitrogen and oxygen atoms in total. The van der Waals surface area contributed by atoms with E-state index in [-0.39, 0.29) is 5.69 Å². The first kappa shape index (κ1) is 12.8. The summed E-state index contributed by atoms with van der Waals surface area (Å²) in [7, 11) is 1.97. The molecule has 2 N–H and O–H groups in total. The fraction of sp³-hybridized carbons (Fsp3) is 0.333. The second-order valence-electron chi connectivity index (χ2n) is 4.27. The van der Waals surface area contributed by atoms with Gasteiger partial charge in [0.25, 0.3) is 0 Å². The Balaban J connectivity index is 2.03. The summed E-state index contributed by atoms with van der Waals surface area (Å²) in [5.74, 6) is -0.969. The van der Waals surface area contributed by atoms with E-state index in [0.29, 0.717) is 12.1 Å². The van der Waals surface area contributed by atoms with Gasteiger partial charge >= 0.3 is 5.97 Å². The van der Waals surface area contributed by atoms with Gasteiger partial charge in [0.1, 0.15) is 5.69 Å². The molecule has 0 atom stereocenters. The van der Waals surface area contributed by atoms with Crippen LogP contribution in [-0.2, 0) is 13.1 Å². The van der Waals surface area contributed by atoms with Crippen molar-refractivity contribution in [3.05, 3.63) is 39.3 Å². The zero-order valence-corrected chi connectivity index (χ0v) is 11.1. The van der Waals surface area contributed by atoms with E-state index >= 15 is 0 Å². The molecule has 0 amide bonds. The quantitative estimate of drug-likeness (QED) is 0.868. The molecule has 2 aromatic heterocycles. The number of aromatic amines is 1. The summed E-state index contributed by atoms with van der Waals surface area (Å²) in [4.78, 5) is 14.3. The largest absolute Gasteiger partial charge is 0.477 e. The molecule has 6 heteroatoms.